The molecule has 46 valence electrons. The smallest absolute Gasteiger partial charge is 0.162 e. The Morgan fingerprint density at radius 2 is 2.44 bits per heavy atom. The summed E-state index contributed by atoms with van der Waals surface area (Å²) in [5.41, 5.74) is 0.367. The summed E-state index contributed by atoms with van der Waals surface area (Å²) in [5, 5.41) is 7.03. The Kier molecular flexibility index (Phi) is 1.75. The van der Waals surface area contributed by atoms with Gasteiger partial charge in [0.05, 0.1) is 11.8 Å². The molecule has 3 nitrogen and oxygen atoms in total. The number of halogens is 1. The molecule has 9 heavy (non-hydrogen) atoms. The lowest BCUT2D eigenvalue weighted by Gasteiger charge is -1.87. The summed E-state index contributed by atoms with van der Waals surface area (Å²) in [5.74, 6) is 0. The molecule has 1 rings (SSSR count). The van der Waals surface area contributed by atoms with Crippen molar-refractivity contribution in [2.24, 2.45) is 0 Å². The van der Waals surface area contributed by atoms with Crippen molar-refractivity contribution in [1.82, 2.24) is 10.2 Å². The second kappa shape index (κ2) is 2.55. The number of carbonyl (C=O) groups excluding carboxylic acids is 1. The molecule has 0 aliphatic carbocycles. The first-order valence-corrected chi connectivity index (χ1v) is 2.65. The van der Waals surface area contributed by atoms with Crippen LogP contribution in [0.1, 0.15) is 10.4 Å². The first-order chi connectivity index (χ1) is 4.34. The van der Waals surface area contributed by atoms with Crippen LogP contribution in [0.4, 0.5) is 0 Å². The number of aromatic nitrogens is 2. The van der Waals surface area contributed by atoms with E-state index in [4.69, 9.17) is 11.6 Å². The zero-order valence-corrected chi connectivity index (χ0v) is 5.17. The van der Waals surface area contributed by atoms with E-state index >= 15 is 0 Å². The normalized spacial score (nSPS) is 9.00. The largest absolute Gasteiger partial charge is 0.298 e. The van der Waals surface area contributed by atoms with Gasteiger partial charge in [-0.05, 0) is 6.07 Å². The lowest BCUT2D eigenvalue weighted by molar-refractivity contribution is 0.112. The van der Waals surface area contributed by atoms with Crippen LogP contribution in [0.5, 0.6) is 0 Å². The van der Waals surface area contributed by atoms with Gasteiger partial charge in [-0.2, -0.15) is 5.10 Å². The Labute approximate surface area is 56.7 Å². The SMILES string of the molecule is O=Cc1ccnnc1Cl. The molecule has 4 heteroatoms. The van der Waals surface area contributed by atoms with E-state index < -0.39 is 0 Å². The molecule has 0 aliphatic heterocycles. The van der Waals surface area contributed by atoms with E-state index in [-0.39, 0.29) is 5.15 Å². The summed E-state index contributed by atoms with van der Waals surface area (Å²) in [4.78, 5) is 10.1. The van der Waals surface area contributed by atoms with Gasteiger partial charge in [0, 0.05) is 0 Å². The fraction of sp³-hybridized carbons (Fsp3) is 0. The van der Waals surface area contributed by atoms with Crippen molar-refractivity contribution in [2.75, 3.05) is 0 Å². The van der Waals surface area contributed by atoms with Gasteiger partial charge in [0.2, 0.25) is 0 Å². The molecule has 0 radical (unpaired) electrons. The van der Waals surface area contributed by atoms with Crippen molar-refractivity contribution >= 4 is 17.9 Å². The second-order valence-electron chi connectivity index (χ2n) is 1.40. The maximum absolute atomic E-state index is 10.1. The minimum absolute atomic E-state index is 0.146. The summed E-state index contributed by atoms with van der Waals surface area (Å²) in [7, 11) is 0. The van der Waals surface area contributed by atoms with Crippen molar-refractivity contribution in [2.45, 2.75) is 0 Å². The van der Waals surface area contributed by atoms with Crippen LogP contribution < -0.4 is 0 Å². The molecule has 0 aromatic carbocycles. The van der Waals surface area contributed by atoms with Crippen LogP contribution in [0, 0.1) is 0 Å². The predicted molar refractivity (Wildman–Crippen MR) is 32.4 cm³/mol. The van der Waals surface area contributed by atoms with E-state index in [1.165, 1.54) is 12.3 Å². The maximum atomic E-state index is 10.1. The van der Waals surface area contributed by atoms with Gasteiger partial charge in [-0.25, -0.2) is 0 Å². The molecular weight excluding hydrogens is 140 g/mol. The van der Waals surface area contributed by atoms with E-state index in [1.807, 2.05) is 0 Å². The van der Waals surface area contributed by atoms with Gasteiger partial charge in [-0.1, -0.05) is 11.6 Å². The number of rotatable bonds is 1. The molecule has 0 saturated carbocycles. The Hall–Kier alpha value is -0.960. The summed E-state index contributed by atoms with van der Waals surface area (Å²) < 4.78 is 0. The average Bonchev–Trinajstić information content (AvgIpc) is 1.89. The average molecular weight is 143 g/mol. The first-order valence-electron chi connectivity index (χ1n) is 2.27. The molecule has 0 unspecified atom stereocenters. The van der Waals surface area contributed by atoms with Crippen LogP contribution >= 0.6 is 11.6 Å². The zero-order chi connectivity index (χ0) is 6.69. The van der Waals surface area contributed by atoms with E-state index in [0.29, 0.717) is 11.8 Å². The number of carbonyl (C=O) groups is 1. The third-order valence-electron chi connectivity index (χ3n) is 0.831. The Bertz CT molecular complexity index is 226. The molecule has 0 N–H and O–H groups in total. The summed E-state index contributed by atoms with van der Waals surface area (Å²) >= 11 is 5.42. The monoisotopic (exact) mass is 142 g/mol. The summed E-state index contributed by atoms with van der Waals surface area (Å²) in [6, 6.07) is 1.50. The third kappa shape index (κ3) is 1.23. The molecule has 0 fully saturated rings. The Morgan fingerprint density at radius 1 is 1.67 bits per heavy atom. The van der Waals surface area contributed by atoms with Crippen LogP contribution in [-0.2, 0) is 0 Å². The minimum atomic E-state index is 0.146. The topological polar surface area (TPSA) is 42.9 Å². The van der Waals surface area contributed by atoms with Crippen LogP contribution in [0.3, 0.4) is 0 Å². The molecule has 0 bridgehead atoms. The van der Waals surface area contributed by atoms with Crippen molar-refractivity contribution < 1.29 is 4.79 Å². The highest BCUT2D eigenvalue weighted by Gasteiger charge is 1.95. The maximum Gasteiger partial charge on any atom is 0.162 e. The first kappa shape index (κ1) is 6.16. The molecule has 0 saturated heterocycles. The fourth-order valence-corrected chi connectivity index (χ4v) is 0.563. The zero-order valence-electron chi connectivity index (χ0n) is 4.41. The highest BCUT2D eigenvalue weighted by atomic mass is 35.5. The van der Waals surface area contributed by atoms with Crippen molar-refractivity contribution in [3.8, 4) is 0 Å². The quantitative estimate of drug-likeness (QED) is 0.548. The van der Waals surface area contributed by atoms with Crippen LogP contribution in [0.25, 0.3) is 0 Å². The Balaban J connectivity index is 3.15. The van der Waals surface area contributed by atoms with Crippen LogP contribution in [-0.4, -0.2) is 16.5 Å². The van der Waals surface area contributed by atoms with Crippen molar-refractivity contribution in [3.05, 3.63) is 23.0 Å². The highest BCUT2D eigenvalue weighted by molar-refractivity contribution is 6.31. The van der Waals surface area contributed by atoms with Crippen LogP contribution in [0.15, 0.2) is 12.3 Å². The fourth-order valence-electron chi connectivity index (χ4n) is 0.412. The molecule has 0 atom stereocenters. The second-order valence-corrected chi connectivity index (χ2v) is 1.75. The van der Waals surface area contributed by atoms with E-state index in [1.54, 1.807) is 0 Å². The van der Waals surface area contributed by atoms with E-state index in [2.05, 4.69) is 10.2 Å². The minimum Gasteiger partial charge on any atom is -0.298 e. The molecule has 1 aromatic heterocycles. The molecule has 1 aromatic rings. The van der Waals surface area contributed by atoms with Gasteiger partial charge in [-0.15, -0.1) is 5.10 Å². The lowest BCUT2D eigenvalue weighted by atomic mass is 10.3. The summed E-state index contributed by atoms with van der Waals surface area (Å²) in [6.45, 7) is 0. The van der Waals surface area contributed by atoms with Crippen molar-refractivity contribution in [3.63, 3.8) is 0 Å². The molecule has 0 amide bonds. The summed E-state index contributed by atoms with van der Waals surface area (Å²) in [6.07, 6.45) is 2.05. The van der Waals surface area contributed by atoms with Gasteiger partial charge in [0.1, 0.15) is 0 Å². The van der Waals surface area contributed by atoms with Gasteiger partial charge < -0.3 is 0 Å². The van der Waals surface area contributed by atoms with E-state index in [9.17, 15) is 4.79 Å². The third-order valence-corrected chi connectivity index (χ3v) is 1.13. The number of nitrogens with zero attached hydrogens (tertiary/aromatic N) is 2. The van der Waals surface area contributed by atoms with Gasteiger partial charge in [0.25, 0.3) is 0 Å². The standard InChI is InChI=1S/C5H3ClN2O/c6-5-4(3-9)1-2-7-8-5/h1-3H. The lowest BCUT2D eigenvalue weighted by Crippen LogP contribution is -1.86. The highest BCUT2D eigenvalue weighted by Crippen LogP contribution is 2.05. The van der Waals surface area contributed by atoms with Gasteiger partial charge in [-0.3, -0.25) is 4.79 Å². The molecule has 0 spiro atoms. The van der Waals surface area contributed by atoms with E-state index in [0.717, 1.165) is 0 Å². The molecular formula is C5H3ClN2O. The Morgan fingerprint density at radius 3 is 2.89 bits per heavy atom. The molecule has 0 aliphatic rings. The number of aldehydes is 1. The number of hydrogen-bond acceptors (Lipinski definition) is 3. The van der Waals surface area contributed by atoms with Gasteiger partial charge in [0.15, 0.2) is 11.4 Å². The van der Waals surface area contributed by atoms with Crippen LogP contribution in [0.2, 0.25) is 5.15 Å². The van der Waals surface area contributed by atoms with Crippen molar-refractivity contribution in [1.29, 1.82) is 0 Å². The van der Waals surface area contributed by atoms with Gasteiger partial charge >= 0.3 is 0 Å². The number of hydrogen-bond donors (Lipinski definition) is 0. The predicted octanol–water partition coefficient (Wildman–Crippen LogP) is 0.942. The molecule has 1 heterocycles.